The van der Waals surface area contributed by atoms with Crippen molar-refractivity contribution < 1.29 is 32.0 Å². The molecule has 1 N–H and O–H groups in total. The lowest BCUT2D eigenvalue weighted by atomic mass is 9.85. The minimum absolute atomic E-state index is 0.0798. The van der Waals surface area contributed by atoms with Crippen LogP contribution >= 0.6 is 0 Å². The molecule has 0 atom stereocenters. The average molecular weight is 311 g/mol. The first kappa shape index (κ1) is 17.4. The summed E-state index contributed by atoms with van der Waals surface area (Å²) in [6.07, 6.45) is 0. The fraction of sp³-hybridized carbons (Fsp3) is 0.462. The molecule has 0 radical (unpaired) electrons. The highest BCUT2D eigenvalue weighted by Crippen LogP contribution is 2.37. The molecule has 21 heavy (non-hydrogen) atoms. The number of hydrogen-bond donors (Lipinski definition) is 1. The third-order valence-corrected chi connectivity index (χ3v) is 3.24. The van der Waals surface area contributed by atoms with Gasteiger partial charge in [-0.25, -0.2) is 27.0 Å². The number of rotatable bonds is 4. The number of alkyl halides is 2. The maximum atomic E-state index is 13.3. The van der Waals surface area contributed by atoms with Gasteiger partial charge in [-0.1, -0.05) is 0 Å². The number of amides is 1. The molecular formula is C13H14F5NO2. The van der Waals surface area contributed by atoms with Crippen LogP contribution in [0.25, 0.3) is 0 Å². The Morgan fingerprint density at radius 2 is 1.57 bits per heavy atom. The van der Waals surface area contributed by atoms with Gasteiger partial charge in [-0.2, -0.15) is 0 Å². The zero-order valence-electron chi connectivity index (χ0n) is 11.6. The summed E-state index contributed by atoms with van der Waals surface area (Å²) < 4.78 is 65.4. The van der Waals surface area contributed by atoms with Gasteiger partial charge in [-0.15, -0.1) is 0 Å². The topological polar surface area (TPSA) is 40.5 Å². The lowest BCUT2D eigenvalue weighted by Crippen LogP contribution is -2.48. The quantitative estimate of drug-likeness (QED) is 0.400. The Hall–Kier alpha value is -1.70. The second-order valence-electron chi connectivity index (χ2n) is 5.25. The van der Waals surface area contributed by atoms with Crippen LogP contribution in [0.1, 0.15) is 26.3 Å². The molecule has 8 heteroatoms. The highest BCUT2D eigenvalue weighted by molar-refractivity contribution is 5.82. The average Bonchev–Trinajstić information content (AvgIpc) is 2.33. The molecule has 118 valence electrons. The molecule has 0 heterocycles. The molecule has 0 unspecified atom stereocenters. The minimum Gasteiger partial charge on any atom is -0.286 e. The number of halogens is 5. The van der Waals surface area contributed by atoms with E-state index in [1.165, 1.54) is 0 Å². The SMILES string of the molecule is CC(F)(F)C(C)(C)C(=O)N(O)Cc1cc(F)c(F)c(F)c1. The predicted molar refractivity (Wildman–Crippen MR) is 63.1 cm³/mol. The Kier molecular flexibility index (Phi) is 4.62. The van der Waals surface area contributed by atoms with Gasteiger partial charge in [0, 0.05) is 6.92 Å². The number of nitrogens with zero attached hydrogens (tertiary/aromatic N) is 1. The predicted octanol–water partition coefficient (Wildman–Crippen LogP) is 3.50. The zero-order valence-corrected chi connectivity index (χ0v) is 11.6. The van der Waals surface area contributed by atoms with Crippen LogP contribution < -0.4 is 0 Å². The van der Waals surface area contributed by atoms with Gasteiger partial charge in [0.2, 0.25) is 0 Å². The van der Waals surface area contributed by atoms with Gasteiger partial charge in [-0.3, -0.25) is 10.0 Å². The number of hydrogen-bond acceptors (Lipinski definition) is 2. The maximum absolute atomic E-state index is 13.3. The van der Waals surface area contributed by atoms with E-state index in [4.69, 9.17) is 0 Å². The smallest absolute Gasteiger partial charge is 0.259 e. The molecule has 0 spiro atoms. The van der Waals surface area contributed by atoms with E-state index >= 15 is 0 Å². The van der Waals surface area contributed by atoms with Crippen LogP contribution in [0.4, 0.5) is 22.0 Å². The van der Waals surface area contributed by atoms with Crippen LogP contribution in [-0.4, -0.2) is 22.1 Å². The molecule has 0 aliphatic rings. The van der Waals surface area contributed by atoms with E-state index in [0.717, 1.165) is 13.8 Å². The van der Waals surface area contributed by atoms with Crippen LogP contribution in [0, 0.1) is 22.9 Å². The molecule has 1 aromatic rings. The van der Waals surface area contributed by atoms with E-state index in [0.29, 0.717) is 19.1 Å². The van der Waals surface area contributed by atoms with Crippen LogP contribution in [-0.2, 0) is 11.3 Å². The summed E-state index contributed by atoms with van der Waals surface area (Å²) in [5.41, 5.74) is -2.50. The van der Waals surface area contributed by atoms with E-state index in [2.05, 4.69) is 0 Å². The molecule has 0 fully saturated rings. The highest BCUT2D eigenvalue weighted by atomic mass is 19.3. The Morgan fingerprint density at radius 3 is 1.95 bits per heavy atom. The van der Waals surface area contributed by atoms with Crippen LogP contribution in [0.2, 0.25) is 0 Å². The van der Waals surface area contributed by atoms with Gasteiger partial charge >= 0.3 is 0 Å². The van der Waals surface area contributed by atoms with Crippen molar-refractivity contribution in [1.82, 2.24) is 5.06 Å². The van der Waals surface area contributed by atoms with Crippen molar-refractivity contribution in [3.05, 3.63) is 35.1 Å². The third-order valence-electron chi connectivity index (χ3n) is 3.24. The van der Waals surface area contributed by atoms with Crippen LogP contribution in [0.15, 0.2) is 12.1 Å². The molecule has 0 aromatic heterocycles. The summed E-state index contributed by atoms with van der Waals surface area (Å²) in [5.74, 6) is -9.48. The van der Waals surface area contributed by atoms with Crippen molar-refractivity contribution in [3.8, 4) is 0 Å². The summed E-state index contributed by atoms with van der Waals surface area (Å²) in [4.78, 5) is 11.8. The van der Waals surface area contributed by atoms with Crippen molar-refractivity contribution in [3.63, 3.8) is 0 Å². The standard InChI is InChI=1S/C13H14F5NO2/c1-12(2,13(3,17)18)11(20)19(21)6-7-4-8(14)10(16)9(15)5-7/h4-5,21H,6H2,1-3H3. The van der Waals surface area contributed by atoms with Crippen LogP contribution in [0.3, 0.4) is 0 Å². The molecule has 1 rings (SSSR count). The summed E-state index contributed by atoms with van der Waals surface area (Å²) >= 11 is 0. The van der Waals surface area contributed by atoms with Gasteiger partial charge in [0.25, 0.3) is 11.8 Å². The molecule has 0 aliphatic heterocycles. The molecule has 3 nitrogen and oxygen atoms in total. The van der Waals surface area contributed by atoms with E-state index < -0.39 is 41.2 Å². The Balaban J connectivity index is 2.97. The van der Waals surface area contributed by atoms with Crippen molar-refractivity contribution in [1.29, 1.82) is 0 Å². The van der Waals surface area contributed by atoms with Gasteiger partial charge in [-0.05, 0) is 31.5 Å². The zero-order chi connectivity index (χ0) is 16.6. The van der Waals surface area contributed by atoms with E-state index in [-0.39, 0.29) is 10.6 Å². The molecule has 1 aromatic carbocycles. The first-order valence-electron chi connectivity index (χ1n) is 5.90. The van der Waals surface area contributed by atoms with Gasteiger partial charge in [0.1, 0.15) is 5.41 Å². The first-order valence-corrected chi connectivity index (χ1v) is 5.90. The van der Waals surface area contributed by atoms with E-state index in [9.17, 15) is 32.0 Å². The summed E-state index contributed by atoms with van der Waals surface area (Å²) in [7, 11) is 0. The maximum Gasteiger partial charge on any atom is 0.259 e. The number of benzene rings is 1. The molecule has 0 saturated heterocycles. The largest absolute Gasteiger partial charge is 0.286 e. The lowest BCUT2D eigenvalue weighted by molar-refractivity contribution is -0.196. The first-order chi connectivity index (χ1) is 9.37. The molecular weight excluding hydrogens is 297 g/mol. The fourth-order valence-corrected chi connectivity index (χ4v) is 1.45. The summed E-state index contributed by atoms with van der Waals surface area (Å²) in [5, 5.41) is 9.45. The van der Waals surface area contributed by atoms with Crippen molar-refractivity contribution in [2.75, 3.05) is 0 Å². The van der Waals surface area contributed by atoms with Crippen molar-refractivity contribution >= 4 is 5.91 Å². The van der Waals surface area contributed by atoms with Gasteiger partial charge in [0.15, 0.2) is 17.5 Å². The third kappa shape index (κ3) is 3.49. The summed E-state index contributed by atoms with van der Waals surface area (Å²) in [6.45, 7) is 1.59. The van der Waals surface area contributed by atoms with Crippen molar-refractivity contribution in [2.45, 2.75) is 33.2 Å². The number of hydroxylamine groups is 2. The van der Waals surface area contributed by atoms with Gasteiger partial charge < -0.3 is 0 Å². The molecule has 0 saturated carbocycles. The summed E-state index contributed by atoms with van der Waals surface area (Å²) in [6, 6.07) is 1.12. The van der Waals surface area contributed by atoms with Crippen molar-refractivity contribution in [2.24, 2.45) is 5.41 Å². The minimum atomic E-state index is -3.43. The van der Waals surface area contributed by atoms with E-state index in [1.54, 1.807) is 0 Å². The Labute approximate surface area is 117 Å². The second kappa shape index (κ2) is 5.59. The van der Waals surface area contributed by atoms with Gasteiger partial charge in [0.05, 0.1) is 6.54 Å². The normalized spacial score (nSPS) is 12.4. The van der Waals surface area contributed by atoms with Crippen LogP contribution in [0.5, 0.6) is 0 Å². The molecule has 0 aliphatic carbocycles. The molecule has 0 bridgehead atoms. The van der Waals surface area contributed by atoms with E-state index in [1.807, 2.05) is 0 Å². The monoisotopic (exact) mass is 311 g/mol. The highest BCUT2D eigenvalue weighted by Gasteiger charge is 2.49. The molecule has 1 amide bonds. The number of carbonyl (C=O) groups is 1. The lowest BCUT2D eigenvalue weighted by Gasteiger charge is -2.32. The Morgan fingerprint density at radius 1 is 1.14 bits per heavy atom. The number of carbonyl (C=O) groups excluding carboxylic acids is 1. The Bertz CT molecular complexity index is 531. The fourth-order valence-electron chi connectivity index (χ4n) is 1.45. The second-order valence-corrected chi connectivity index (χ2v) is 5.25.